The number of hydrogen-bond donors (Lipinski definition) is 2. The molecule has 3 N–H and O–H groups in total. The first-order valence-corrected chi connectivity index (χ1v) is 12.2. The highest BCUT2D eigenvalue weighted by Gasteiger charge is 2.37. The molecule has 1 heterocycles. The van der Waals surface area contributed by atoms with Crippen molar-refractivity contribution in [3.05, 3.63) is 53.4 Å². The molecule has 0 aliphatic heterocycles. The number of rotatable bonds is 7. The molecule has 31 heavy (non-hydrogen) atoms. The maximum absolute atomic E-state index is 11.0. The summed E-state index contributed by atoms with van der Waals surface area (Å²) in [6.07, 6.45) is 4.60. The summed E-state index contributed by atoms with van der Waals surface area (Å²) in [5.74, 6) is 1.78. The molecule has 2 aliphatic carbocycles. The summed E-state index contributed by atoms with van der Waals surface area (Å²) in [5, 5.41) is 15.1. The smallest absolute Gasteiger partial charge is 0.333 e. The highest BCUT2D eigenvalue weighted by molar-refractivity contribution is 7.84. The van der Waals surface area contributed by atoms with E-state index in [2.05, 4.69) is 52.3 Å². The summed E-state index contributed by atoms with van der Waals surface area (Å²) in [6, 6.07) is 8.62. The minimum absolute atomic E-state index is 0.101. The van der Waals surface area contributed by atoms with Gasteiger partial charge in [0.15, 0.2) is 0 Å². The van der Waals surface area contributed by atoms with Crippen molar-refractivity contribution < 1.29 is 17.7 Å². The Balaban J connectivity index is 1.40. The number of hydrogen-bond acceptors (Lipinski definition) is 7. The van der Waals surface area contributed by atoms with Crippen LogP contribution in [-0.2, 0) is 32.7 Å². The van der Waals surface area contributed by atoms with Crippen LogP contribution in [-0.4, -0.2) is 41.2 Å². The lowest BCUT2D eigenvalue weighted by Gasteiger charge is -2.19. The fourth-order valence-electron chi connectivity index (χ4n) is 5.27. The Morgan fingerprint density at radius 1 is 1.16 bits per heavy atom. The van der Waals surface area contributed by atoms with Gasteiger partial charge < -0.3 is 5.11 Å². The van der Waals surface area contributed by atoms with E-state index in [0.717, 1.165) is 18.7 Å². The first-order valence-electron chi connectivity index (χ1n) is 10.7. The van der Waals surface area contributed by atoms with Crippen LogP contribution in [0, 0.1) is 11.8 Å². The molecule has 2 aromatic rings. The molecule has 2 aliphatic rings. The van der Waals surface area contributed by atoms with Crippen LogP contribution in [0.25, 0.3) is 0 Å². The molecule has 168 valence electrons. The number of aliphatic hydroxyl groups excluding tert-OH is 1. The van der Waals surface area contributed by atoms with Gasteiger partial charge in [-0.3, -0.25) is 4.18 Å². The van der Waals surface area contributed by atoms with Gasteiger partial charge in [-0.15, -0.1) is 0 Å². The fraction of sp³-hybridized carbons (Fsp3) is 0.591. The van der Waals surface area contributed by atoms with Gasteiger partial charge in [0.2, 0.25) is 0 Å². The Labute approximate surface area is 183 Å². The van der Waals surface area contributed by atoms with Crippen molar-refractivity contribution in [1.29, 1.82) is 0 Å². The summed E-state index contributed by atoms with van der Waals surface area (Å²) < 4.78 is 26.7. The van der Waals surface area contributed by atoms with Gasteiger partial charge in [-0.25, -0.2) is 20.1 Å². The Bertz CT molecular complexity index is 1040. The molecular weight excluding hydrogens is 416 g/mol. The Hall–Kier alpha value is -1.94. The van der Waals surface area contributed by atoms with Gasteiger partial charge in [-0.2, -0.15) is 8.42 Å². The number of benzene rings is 1. The maximum atomic E-state index is 11.0. The minimum atomic E-state index is -4.00. The van der Waals surface area contributed by atoms with Gasteiger partial charge in [-0.1, -0.05) is 38.1 Å². The number of aromatic nitrogens is 3. The Kier molecular flexibility index (Phi) is 6.13. The van der Waals surface area contributed by atoms with Crippen LogP contribution in [0.1, 0.15) is 61.8 Å². The second-order valence-corrected chi connectivity index (χ2v) is 10.8. The number of fused-ring (bicyclic) bond motifs is 1. The van der Waals surface area contributed by atoms with Crippen molar-refractivity contribution in [1.82, 2.24) is 15.0 Å². The van der Waals surface area contributed by atoms with E-state index >= 15 is 0 Å². The Morgan fingerprint density at radius 3 is 2.61 bits per heavy atom. The van der Waals surface area contributed by atoms with Crippen molar-refractivity contribution in [2.75, 3.05) is 6.61 Å². The molecule has 4 rings (SSSR count). The third-order valence-electron chi connectivity index (χ3n) is 6.66. The molecule has 1 aromatic carbocycles. The molecule has 0 amide bonds. The topological polar surface area (TPSA) is 128 Å². The first kappa shape index (κ1) is 22.3. The van der Waals surface area contributed by atoms with Gasteiger partial charge in [0.25, 0.3) is 0 Å². The lowest BCUT2D eigenvalue weighted by Crippen LogP contribution is -2.24. The average Bonchev–Trinajstić information content (AvgIpc) is 3.16. The van der Waals surface area contributed by atoms with Crippen LogP contribution in [0.3, 0.4) is 0 Å². The third kappa shape index (κ3) is 5.28. The largest absolute Gasteiger partial charge is 0.393 e. The maximum Gasteiger partial charge on any atom is 0.333 e. The second-order valence-electron chi connectivity index (χ2n) is 9.54. The van der Waals surface area contributed by atoms with Crippen molar-refractivity contribution in [3.63, 3.8) is 0 Å². The standard InChI is InChI=1S/C22H30N4O4S/c1-22(2)11-15(17-5-3-4-6-18(17)22)10-21-25-13-24-20(26-21)9-14-7-16(19(27)8-14)12-30-31(23,28)29/h3-6,13-16,19,27H,7-12H2,1-2H3,(H2,23,28,29)/t14-,15+,16+,19+/m1/s1. The minimum Gasteiger partial charge on any atom is -0.393 e. The van der Waals surface area contributed by atoms with Crippen molar-refractivity contribution >= 4 is 10.3 Å². The Morgan fingerprint density at radius 2 is 1.87 bits per heavy atom. The van der Waals surface area contributed by atoms with Crippen LogP contribution in [0.5, 0.6) is 0 Å². The molecule has 1 saturated carbocycles. The predicted octanol–water partition coefficient (Wildman–Crippen LogP) is 2.03. The van der Waals surface area contributed by atoms with Gasteiger partial charge in [0.05, 0.1) is 12.7 Å². The van der Waals surface area contributed by atoms with Gasteiger partial charge in [0, 0.05) is 18.8 Å². The third-order valence-corrected chi connectivity index (χ3v) is 7.12. The number of nitrogens with two attached hydrogens (primary N) is 1. The van der Waals surface area contributed by atoms with E-state index in [4.69, 9.17) is 10.1 Å². The highest BCUT2D eigenvalue weighted by Crippen LogP contribution is 2.46. The lowest BCUT2D eigenvalue weighted by molar-refractivity contribution is 0.100. The SMILES string of the molecule is CC1(C)C[C@H](Cc2ncnc(C[C@@H]3C[C@@H](COS(N)(=O)=O)[C@@H](O)C3)n2)c2ccccc21. The van der Waals surface area contributed by atoms with E-state index < -0.39 is 16.4 Å². The van der Waals surface area contributed by atoms with Crippen molar-refractivity contribution in [2.24, 2.45) is 17.0 Å². The van der Waals surface area contributed by atoms with Crippen LogP contribution in [0.15, 0.2) is 30.6 Å². The van der Waals surface area contributed by atoms with Crippen LogP contribution in [0.4, 0.5) is 0 Å². The molecule has 0 radical (unpaired) electrons. The monoisotopic (exact) mass is 446 g/mol. The van der Waals surface area contributed by atoms with E-state index in [0.29, 0.717) is 31.0 Å². The number of aliphatic hydroxyl groups is 1. The molecule has 0 saturated heterocycles. The first-order chi connectivity index (χ1) is 14.6. The molecular formula is C22H30N4O4S. The summed E-state index contributed by atoms with van der Waals surface area (Å²) >= 11 is 0. The highest BCUT2D eigenvalue weighted by atomic mass is 32.2. The summed E-state index contributed by atoms with van der Waals surface area (Å²) in [4.78, 5) is 13.5. The molecule has 4 atom stereocenters. The molecule has 1 aromatic heterocycles. The predicted molar refractivity (Wildman–Crippen MR) is 115 cm³/mol. The zero-order chi connectivity index (χ0) is 22.2. The molecule has 8 nitrogen and oxygen atoms in total. The fourth-order valence-corrected chi connectivity index (χ4v) is 5.64. The van der Waals surface area contributed by atoms with E-state index in [1.54, 1.807) is 6.33 Å². The molecule has 9 heteroatoms. The molecule has 1 fully saturated rings. The zero-order valence-corrected chi connectivity index (χ0v) is 18.8. The van der Waals surface area contributed by atoms with Crippen LogP contribution in [0.2, 0.25) is 0 Å². The summed E-state index contributed by atoms with van der Waals surface area (Å²) in [6.45, 7) is 4.47. The number of nitrogens with zero attached hydrogens (tertiary/aromatic N) is 3. The van der Waals surface area contributed by atoms with Gasteiger partial charge in [-0.05, 0) is 47.6 Å². The van der Waals surface area contributed by atoms with Crippen LogP contribution >= 0.6 is 0 Å². The average molecular weight is 447 g/mol. The van der Waals surface area contributed by atoms with E-state index in [1.165, 1.54) is 11.1 Å². The van der Waals surface area contributed by atoms with Gasteiger partial charge >= 0.3 is 10.3 Å². The van der Waals surface area contributed by atoms with E-state index in [9.17, 15) is 13.5 Å². The molecule has 0 unspecified atom stereocenters. The van der Waals surface area contributed by atoms with Crippen LogP contribution < -0.4 is 5.14 Å². The molecule has 0 spiro atoms. The lowest BCUT2D eigenvalue weighted by atomic mass is 9.86. The molecule has 0 bridgehead atoms. The second kappa shape index (κ2) is 8.54. The van der Waals surface area contributed by atoms with Crippen molar-refractivity contribution in [2.45, 2.75) is 63.4 Å². The normalized spacial score (nSPS) is 27.4. The zero-order valence-electron chi connectivity index (χ0n) is 17.9. The summed E-state index contributed by atoms with van der Waals surface area (Å²) in [7, 11) is -4.00. The van der Waals surface area contributed by atoms with E-state index in [-0.39, 0.29) is 23.9 Å². The quantitative estimate of drug-likeness (QED) is 0.666. The van der Waals surface area contributed by atoms with Crippen molar-refractivity contribution in [3.8, 4) is 0 Å². The summed E-state index contributed by atoms with van der Waals surface area (Å²) in [5.41, 5.74) is 2.93. The van der Waals surface area contributed by atoms with E-state index in [1.807, 2.05) is 0 Å². The van der Waals surface area contributed by atoms with Gasteiger partial charge in [0.1, 0.15) is 18.0 Å².